The van der Waals surface area contributed by atoms with Gasteiger partial charge in [-0.05, 0) is 17.7 Å². The van der Waals surface area contributed by atoms with E-state index in [1.54, 1.807) is 6.07 Å². The largest absolute Gasteiger partial charge is 0.496 e. The third-order valence-electron chi connectivity index (χ3n) is 2.14. The summed E-state index contributed by atoms with van der Waals surface area (Å²) < 4.78 is 10.2. The number of hydrogen-bond donors (Lipinski definition) is 0. The third-order valence-corrected chi connectivity index (χ3v) is 2.79. The summed E-state index contributed by atoms with van der Waals surface area (Å²) in [7, 11) is 1.54. The Morgan fingerprint density at radius 1 is 1.40 bits per heavy atom. The Morgan fingerprint density at radius 2 is 2.20 bits per heavy atom. The molecule has 0 radical (unpaired) electrons. The van der Waals surface area contributed by atoms with Gasteiger partial charge in [0.1, 0.15) is 11.3 Å². The van der Waals surface area contributed by atoms with Crippen molar-refractivity contribution in [3.05, 3.63) is 40.2 Å². The van der Waals surface area contributed by atoms with Crippen LogP contribution in [0.4, 0.5) is 0 Å². The zero-order chi connectivity index (χ0) is 10.8. The molecule has 0 aliphatic rings. The maximum Gasteiger partial charge on any atom is 0.339 e. The van der Waals surface area contributed by atoms with Gasteiger partial charge in [-0.25, -0.2) is 4.79 Å². The van der Waals surface area contributed by atoms with Gasteiger partial charge in [-0.3, -0.25) is 0 Å². The highest BCUT2D eigenvalue weighted by Gasteiger charge is 2.06. The third kappa shape index (κ3) is 1.90. The Balaban J connectivity index is 2.79. The average Bonchev–Trinajstić information content (AvgIpc) is 2.27. The van der Waals surface area contributed by atoms with Crippen LogP contribution in [0.3, 0.4) is 0 Å². The molecule has 0 bridgehead atoms. The number of hydrogen-bond acceptors (Lipinski definition) is 3. The molecule has 0 spiro atoms. The lowest BCUT2D eigenvalue weighted by Gasteiger charge is -2.04. The van der Waals surface area contributed by atoms with E-state index in [0.717, 1.165) is 16.3 Å². The Bertz CT molecular complexity index is 545. The molecule has 0 saturated heterocycles. The highest BCUT2D eigenvalue weighted by molar-refractivity contribution is 9.08. The number of fused-ring (bicyclic) bond motifs is 1. The maximum absolute atomic E-state index is 11.2. The number of benzene rings is 1. The zero-order valence-corrected chi connectivity index (χ0v) is 9.71. The van der Waals surface area contributed by atoms with Gasteiger partial charge >= 0.3 is 5.63 Å². The van der Waals surface area contributed by atoms with Crippen LogP contribution >= 0.6 is 15.9 Å². The molecule has 1 aromatic heterocycles. The summed E-state index contributed by atoms with van der Waals surface area (Å²) in [5.74, 6) is 0.545. The molecule has 0 saturated carbocycles. The van der Waals surface area contributed by atoms with Crippen molar-refractivity contribution in [3.63, 3.8) is 0 Å². The molecule has 0 aliphatic carbocycles. The second-order valence-electron chi connectivity index (χ2n) is 3.10. The van der Waals surface area contributed by atoms with Crippen LogP contribution in [0.2, 0.25) is 0 Å². The van der Waals surface area contributed by atoms with Crippen molar-refractivity contribution >= 4 is 26.9 Å². The summed E-state index contributed by atoms with van der Waals surface area (Å²) in [6.07, 6.45) is 0. The van der Waals surface area contributed by atoms with E-state index in [0.29, 0.717) is 11.3 Å². The van der Waals surface area contributed by atoms with Gasteiger partial charge < -0.3 is 9.15 Å². The molecule has 0 aliphatic heterocycles. The number of alkyl halides is 1. The molecule has 1 aromatic carbocycles. The number of ether oxygens (including phenoxy) is 1. The quantitative estimate of drug-likeness (QED) is 0.621. The summed E-state index contributed by atoms with van der Waals surface area (Å²) >= 11 is 3.37. The minimum Gasteiger partial charge on any atom is -0.496 e. The lowest BCUT2D eigenvalue weighted by atomic mass is 10.1. The normalized spacial score (nSPS) is 10.5. The van der Waals surface area contributed by atoms with Crippen molar-refractivity contribution in [2.45, 2.75) is 5.33 Å². The predicted octanol–water partition coefficient (Wildman–Crippen LogP) is 2.70. The topological polar surface area (TPSA) is 39.4 Å². The van der Waals surface area contributed by atoms with Gasteiger partial charge in [0.15, 0.2) is 0 Å². The second-order valence-corrected chi connectivity index (χ2v) is 3.66. The lowest BCUT2D eigenvalue weighted by Crippen LogP contribution is -1.98. The van der Waals surface area contributed by atoms with Gasteiger partial charge in [-0.2, -0.15) is 0 Å². The second kappa shape index (κ2) is 4.06. The molecule has 3 nitrogen and oxygen atoms in total. The fourth-order valence-electron chi connectivity index (χ4n) is 1.43. The minimum absolute atomic E-state index is 0.397. The summed E-state index contributed by atoms with van der Waals surface area (Å²) in [6, 6.07) is 6.96. The minimum atomic E-state index is -0.397. The molecule has 2 rings (SSSR count). The van der Waals surface area contributed by atoms with Crippen LogP contribution in [0.1, 0.15) is 5.56 Å². The standard InChI is InChI=1S/C11H9BrO3/c1-14-10-5-11(13)15-9-3-2-7(6-12)4-8(9)10/h2-5H,6H2,1H3. The molecule has 0 fully saturated rings. The first-order valence-electron chi connectivity index (χ1n) is 4.41. The smallest absolute Gasteiger partial charge is 0.339 e. The summed E-state index contributed by atoms with van der Waals surface area (Å²) in [5, 5.41) is 1.57. The van der Waals surface area contributed by atoms with Crippen LogP contribution < -0.4 is 10.4 Å². The Morgan fingerprint density at radius 3 is 2.87 bits per heavy atom. The maximum atomic E-state index is 11.2. The Labute approximate surface area is 94.8 Å². The molecule has 1 heterocycles. The van der Waals surface area contributed by atoms with E-state index in [1.807, 2.05) is 12.1 Å². The fraction of sp³-hybridized carbons (Fsp3) is 0.182. The van der Waals surface area contributed by atoms with Crippen LogP contribution in [0.25, 0.3) is 11.0 Å². The van der Waals surface area contributed by atoms with Crippen LogP contribution in [0.15, 0.2) is 33.5 Å². The van der Waals surface area contributed by atoms with E-state index in [4.69, 9.17) is 9.15 Å². The van der Waals surface area contributed by atoms with Crippen molar-refractivity contribution in [2.75, 3.05) is 7.11 Å². The van der Waals surface area contributed by atoms with E-state index in [-0.39, 0.29) is 0 Å². The number of halogens is 1. The first-order chi connectivity index (χ1) is 7.24. The molecule has 0 N–H and O–H groups in total. The van der Waals surface area contributed by atoms with Gasteiger partial charge in [-0.15, -0.1) is 0 Å². The SMILES string of the molecule is COc1cc(=O)oc2ccc(CBr)cc12. The average molecular weight is 269 g/mol. The molecule has 0 unspecified atom stereocenters. The van der Waals surface area contributed by atoms with E-state index in [9.17, 15) is 4.79 Å². The molecule has 2 aromatic rings. The zero-order valence-electron chi connectivity index (χ0n) is 8.12. The van der Waals surface area contributed by atoms with Gasteiger partial charge in [-0.1, -0.05) is 22.0 Å². The van der Waals surface area contributed by atoms with Crippen LogP contribution in [-0.2, 0) is 5.33 Å². The van der Waals surface area contributed by atoms with Crippen molar-refractivity contribution in [3.8, 4) is 5.75 Å². The molecule has 4 heteroatoms. The first-order valence-corrected chi connectivity index (χ1v) is 5.53. The van der Waals surface area contributed by atoms with Crippen molar-refractivity contribution < 1.29 is 9.15 Å². The first kappa shape index (κ1) is 10.2. The fourth-order valence-corrected chi connectivity index (χ4v) is 1.78. The van der Waals surface area contributed by atoms with Crippen molar-refractivity contribution in [2.24, 2.45) is 0 Å². The lowest BCUT2D eigenvalue weighted by molar-refractivity contribution is 0.413. The Hall–Kier alpha value is -1.29. The van der Waals surface area contributed by atoms with Crippen LogP contribution in [-0.4, -0.2) is 7.11 Å². The van der Waals surface area contributed by atoms with Gasteiger partial charge in [0, 0.05) is 5.33 Å². The molecular formula is C11H9BrO3. The Kier molecular flexibility index (Phi) is 2.77. The van der Waals surface area contributed by atoms with Gasteiger partial charge in [0.2, 0.25) is 0 Å². The molecule has 0 atom stereocenters. The predicted molar refractivity (Wildman–Crippen MR) is 61.7 cm³/mol. The van der Waals surface area contributed by atoms with Gasteiger partial charge in [0.05, 0.1) is 18.6 Å². The van der Waals surface area contributed by atoms with Crippen molar-refractivity contribution in [1.29, 1.82) is 0 Å². The van der Waals surface area contributed by atoms with E-state index >= 15 is 0 Å². The highest BCUT2D eigenvalue weighted by atomic mass is 79.9. The van der Waals surface area contributed by atoms with Crippen molar-refractivity contribution in [1.82, 2.24) is 0 Å². The van der Waals surface area contributed by atoms with Crippen LogP contribution in [0.5, 0.6) is 5.75 Å². The summed E-state index contributed by atoms with van der Waals surface area (Å²) in [4.78, 5) is 11.2. The summed E-state index contributed by atoms with van der Waals surface area (Å²) in [5.41, 5.74) is 1.25. The molecule has 78 valence electrons. The number of rotatable bonds is 2. The van der Waals surface area contributed by atoms with E-state index in [1.165, 1.54) is 13.2 Å². The summed E-state index contributed by atoms with van der Waals surface area (Å²) in [6.45, 7) is 0. The monoisotopic (exact) mass is 268 g/mol. The van der Waals surface area contributed by atoms with Gasteiger partial charge in [0.25, 0.3) is 0 Å². The molecule has 15 heavy (non-hydrogen) atoms. The van der Waals surface area contributed by atoms with E-state index < -0.39 is 5.63 Å². The molecular weight excluding hydrogens is 260 g/mol. The van der Waals surface area contributed by atoms with Crippen LogP contribution in [0, 0.1) is 0 Å². The number of methoxy groups -OCH3 is 1. The van der Waals surface area contributed by atoms with E-state index in [2.05, 4.69) is 15.9 Å². The highest BCUT2D eigenvalue weighted by Crippen LogP contribution is 2.25. The molecule has 0 amide bonds.